The minimum absolute atomic E-state index is 0.310. The molecule has 2 aromatic carbocycles. The lowest BCUT2D eigenvalue weighted by molar-refractivity contribution is -0.139. The van der Waals surface area contributed by atoms with Crippen LogP contribution < -0.4 is 4.74 Å². The van der Waals surface area contributed by atoms with Gasteiger partial charge >= 0.3 is 5.97 Å². The van der Waals surface area contributed by atoms with Crippen molar-refractivity contribution >= 4 is 5.97 Å². The number of hydrogen-bond donors (Lipinski definition) is 1. The predicted molar refractivity (Wildman–Crippen MR) is 122 cm³/mol. The van der Waals surface area contributed by atoms with Gasteiger partial charge in [-0.1, -0.05) is 61.7 Å². The predicted octanol–water partition coefficient (Wildman–Crippen LogP) is 4.38. The molecule has 1 unspecified atom stereocenters. The molecule has 5 heteroatoms. The molecule has 0 bridgehead atoms. The first-order valence-electron chi connectivity index (χ1n) is 11.7. The Morgan fingerprint density at radius 2 is 1.71 bits per heavy atom. The van der Waals surface area contributed by atoms with E-state index in [-0.39, 0.29) is 6.61 Å². The van der Waals surface area contributed by atoms with Crippen molar-refractivity contribution in [2.75, 3.05) is 32.8 Å². The number of piperazine rings is 1. The molecule has 1 heterocycles. The van der Waals surface area contributed by atoms with Gasteiger partial charge in [0.1, 0.15) is 5.75 Å². The lowest BCUT2D eigenvalue weighted by atomic mass is 9.93. The lowest BCUT2D eigenvalue weighted by Crippen LogP contribution is -2.51. The number of aliphatic carboxylic acids is 1. The standard InChI is InChI=1S/C26H34N2O3/c29-26(30)20-31-24-13-7-8-21(18-24)19-25(22-9-3-1-4-10-22)28-16-14-27(15-17-28)23-11-5-2-6-12-23/h1,3-4,7-10,13,18,23,25H,2,5-6,11-12,14-17,19-20H2,(H,29,30). The fourth-order valence-corrected chi connectivity index (χ4v) is 5.12. The first kappa shape index (κ1) is 21.8. The minimum atomic E-state index is -0.955. The second kappa shape index (κ2) is 10.8. The molecular formula is C26H34N2O3. The van der Waals surface area contributed by atoms with Crippen LogP contribution in [0.4, 0.5) is 0 Å². The second-order valence-electron chi connectivity index (χ2n) is 8.82. The molecule has 1 saturated heterocycles. The maximum Gasteiger partial charge on any atom is 0.341 e. The van der Waals surface area contributed by atoms with Crippen molar-refractivity contribution in [3.63, 3.8) is 0 Å². The summed E-state index contributed by atoms with van der Waals surface area (Å²) < 4.78 is 5.40. The molecule has 1 aliphatic carbocycles. The van der Waals surface area contributed by atoms with Gasteiger partial charge < -0.3 is 9.84 Å². The van der Waals surface area contributed by atoms with Gasteiger partial charge in [-0.2, -0.15) is 0 Å². The quantitative estimate of drug-likeness (QED) is 0.684. The number of carboxylic acids is 1. The molecule has 5 nitrogen and oxygen atoms in total. The summed E-state index contributed by atoms with van der Waals surface area (Å²) >= 11 is 0. The number of nitrogens with zero attached hydrogens (tertiary/aromatic N) is 2. The third kappa shape index (κ3) is 6.08. The molecule has 0 radical (unpaired) electrons. The zero-order valence-corrected chi connectivity index (χ0v) is 18.3. The fraction of sp³-hybridized carbons (Fsp3) is 0.500. The molecule has 1 N–H and O–H groups in total. The zero-order valence-electron chi connectivity index (χ0n) is 18.3. The minimum Gasteiger partial charge on any atom is -0.482 e. The molecule has 166 valence electrons. The van der Waals surface area contributed by atoms with Gasteiger partial charge in [-0.25, -0.2) is 4.79 Å². The van der Waals surface area contributed by atoms with Crippen LogP contribution in [0.15, 0.2) is 54.6 Å². The summed E-state index contributed by atoms with van der Waals surface area (Å²) in [4.78, 5) is 16.2. The molecule has 1 atom stereocenters. The third-order valence-corrected chi connectivity index (χ3v) is 6.75. The van der Waals surface area contributed by atoms with Gasteiger partial charge in [0.05, 0.1) is 0 Å². The van der Waals surface area contributed by atoms with E-state index in [1.165, 1.54) is 43.2 Å². The van der Waals surface area contributed by atoms with Gasteiger partial charge in [0.15, 0.2) is 6.61 Å². The van der Waals surface area contributed by atoms with Crippen molar-refractivity contribution in [1.29, 1.82) is 0 Å². The van der Waals surface area contributed by atoms with Gasteiger partial charge in [-0.05, 0) is 42.5 Å². The monoisotopic (exact) mass is 422 g/mol. The Bertz CT molecular complexity index is 828. The van der Waals surface area contributed by atoms with Crippen molar-refractivity contribution < 1.29 is 14.6 Å². The highest BCUT2D eigenvalue weighted by Crippen LogP contribution is 2.29. The largest absolute Gasteiger partial charge is 0.482 e. The molecule has 0 aromatic heterocycles. The van der Waals surface area contributed by atoms with E-state index < -0.39 is 5.97 Å². The normalized spacial score (nSPS) is 19.7. The van der Waals surface area contributed by atoms with Gasteiger partial charge in [0.25, 0.3) is 0 Å². The zero-order chi connectivity index (χ0) is 21.5. The summed E-state index contributed by atoms with van der Waals surface area (Å²) in [6.07, 6.45) is 7.80. The van der Waals surface area contributed by atoms with E-state index in [2.05, 4.69) is 46.2 Å². The fourth-order valence-electron chi connectivity index (χ4n) is 5.12. The molecule has 0 amide bonds. The van der Waals surface area contributed by atoms with E-state index in [4.69, 9.17) is 9.84 Å². The van der Waals surface area contributed by atoms with Crippen molar-refractivity contribution in [2.45, 2.75) is 50.6 Å². The molecule has 2 aromatic rings. The van der Waals surface area contributed by atoms with Crippen molar-refractivity contribution in [2.24, 2.45) is 0 Å². The smallest absolute Gasteiger partial charge is 0.341 e. The Kier molecular flexibility index (Phi) is 7.60. The van der Waals surface area contributed by atoms with Crippen LogP contribution in [-0.4, -0.2) is 59.7 Å². The first-order chi connectivity index (χ1) is 15.2. The van der Waals surface area contributed by atoms with Crippen LogP contribution in [-0.2, 0) is 11.2 Å². The highest BCUT2D eigenvalue weighted by molar-refractivity contribution is 5.68. The van der Waals surface area contributed by atoms with Crippen LogP contribution in [0.1, 0.15) is 49.3 Å². The number of hydrogen-bond acceptors (Lipinski definition) is 4. The van der Waals surface area contributed by atoms with E-state index in [0.29, 0.717) is 11.8 Å². The number of benzene rings is 2. The molecule has 2 aliphatic rings. The summed E-state index contributed by atoms with van der Waals surface area (Å²) in [5.41, 5.74) is 2.51. The molecule has 4 rings (SSSR count). The lowest BCUT2D eigenvalue weighted by Gasteiger charge is -2.43. The Morgan fingerprint density at radius 1 is 0.968 bits per heavy atom. The highest BCUT2D eigenvalue weighted by atomic mass is 16.5. The summed E-state index contributed by atoms with van der Waals surface area (Å²) in [5, 5.41) is 8.89. The Labute approximate surface area is 185 Å². The molecular weight excluding hydrogens is 388 g/mol. The topological polar surface area (TPSA) is 53.0 Å². The highest BCUT2D eigenvalue weighted by Gasteiger charge is 2.29. The van der Waals surface area contributed by atoms with Crippen molar-refractivity contribution in [1.82, 2.24) is 9.80 Å². The number of rotatable bonds is 8. The van der Waals surface area contributed by atoms with E-state index in [0.717, 1.165) is 38.6 Å². The van der Waals surface area contributed by atoms with Gasteiger partial charge in [0.2, 0.25) is 0 Å². The van der Waals surface area contributed by atoms with Gasteiger partial charge in [0, 0.05) is 38.3 Å². The van der Waals surface area contributed by atoms with Crippen molar-refractivity contribution in [3.8, 4) is 5.75 Å². The van der Waals surface area contributed by atoms with Gasteiger partial charge in [-0.3, -0.25) is 9.80 Å². The average molecular weight is 423 g/mol. The van der Waals surface area contributed by atoms with Crippen LogP contribution in [0.3, 0.4) is 0 Å². The Balaban J connectivity index is 1.45. The van der Waals surface area contributed by atoms with E-state index in [1.54, 1.807) is 0 Å². The maximum atomic E-state index is 10.8. The van der Waals surface area contributed by atoms with Crippen LogP contribution in [0.5, 0.6) is 5.75 Å². The summed E-state index contributed by atoms with van der Waals surface area (Å²) in [6, 6.07) is 19.7. The molecule has 1 saturated carbocycles. The number of ether oxygens (including phenoxy) is 1. The molecule has 31 heavy (non-hydrogen) atoms. The van der Waals surface area contributed by atoms with Crippen LogP contribution >= 0.6 is 0 Å². The molecule has 1 aliphatic heterocycles. The SMILES string of the molecule is O=C(O)COc1cccc(CC(c2ccccc2)N2CCN(C3CCCCC3)CC2)c1. The van der Waals surface area contributed by atoms with E-state index >= 15 is 0 Å². The first-order valence-corrected chi connectivity index (χ1v) is 11.7. The van der Waals surface area contributed by atoms with Crippen LogP contribution in [0.25, 0.3) is 0 Å². The summed E-state index contributed by atoms with van der Waals surface area (Å²) in [7, 11) is 0. The summed E-state index contributed by atoms with van der Waals surface area (Å²) in [5.74, 6) is -0.336. The van der Waals surface area contributed by atoms with Crippen LogP contribution in [0.2, 0.25) is 0 Å². The van der Waals surface area contributed by atoms with Crippen molar-refractivity contribution in [3.05, 3.63) is 65.7 Å². The van der Waals surface area contributed by atoms with E-state index in [1.807, 2.05) is 18.2 Å². The second-order valence-corrected chi connectivity index (χ2v) is 8.82. The van der Waals surface area contributed by atoms with Crippen LogP contribution in [0, 0.1) is 0 Å². The Hall–Kier alpha value is -2.37. The third-order valence-electron chi connectivity index (χ3n) is 6.75. The molecule has 2 fully saturated rings. The number of carboxylic acid groups (broad SMARTS) is 1. The average Bonchev–Trinajstić information content (AvgIpc) is 2.83. The van der Waals surface area contributed by atoms with Gasteiger partial charge in [-0.15, -0.1) is 0 Å². The number of carbonyl (C=O) groups is 1. The maximum absolute atomic E-state index is 10.8. The van der Waals surface area contributed by atoms with E-state index in [9.17, 15) is 4.79 Å². The summed E-state index contributed by atoms with van der Waals surface area (Å²) in [6.45, 7) is 4.16. The Morgan fingerprint density at radius 3 is 2.42 bits per heavy atom. The molecule has 0 spiro atoms.